The zero-order valence-electron chi connectivity index (χ0n) is 18.6. The molecule has 2 amide bonds. The lowest BCUT2D eigenvalue weighted by Crippen LogP contribution is -2.28. The SMILES string of the molecule is CN(C(=O)Cc1ccc(OC(F)F)cc1)c1cccc(NC(=O)Cc2ccc(OC(F)F)cc2)c1. The number of rotatable bonds is 10. The Morgan fingerprint density at radius 2 is 1.31 bits per heavy atom. The quantitative estimate of drug-likeness (QED) is 0.393. The summed E-state index contributed by atoms with van der Waals surface area (Å²) in [7, 11) is 1.58. The minimum absolute atomic E-state index is 0.00185. The van der Waals surface area contributed by atoms with E-state index in [2.05, 4.69) is 14.8 Å². The molecular weight excluding hydrogens is 468 g/mol. The van der Waals surface area contributed by atoms with Crippen LogP contribution < -0.4 is 19.7 Å². The van der Waals surface area contributed by atoms with Gasteiger partial charge in [-0.05, 0) is 53.6 Å². The highest BCUT2D eigenvalue weighted by molar-refractivity contribution is 5.96. The van der Waals surface area contributed by atoms with Crippen molar-refractivity contribution < 1.29 is 36.6 Å². The lowest BCUT2D eigenvalue weighted by Gasteiger charge is -2.18. The Balaban J connectivity index is 1.57. The number of anilines is 2. The minimum atomic E-state index is -2.92. The number of ether oxygens (including phenoxy) is 2. The number of hydrogen-bond acceptors (Lipinski definition) is 4. The van der Waals surface area contributed by atoms with Crippen molar-refractivity contribution in [1.82, 2.24) is 0 Å². The third-order valence-electron chi connectivity index (χ3n) is 4.91. The van der Waals surface area contributed by atoms with Crippen molar-refractivity contribution in [2.75, 3.05) is 17.3 Å². The minimum Gasteiger partial charge on any atom is -0.435 e. The average molecular weight is 490 g/mol. The van der Waals surface area contributed by atoms with Crippen LogP contribution in [0.3, 0.4) is 0 Å². The van der Waals surface area contributed by atoms with Gasteiger partial charge in [-0.3, -0.25) is 9.59 Å². The molecule has 3 aromatic carbocycles. The van der Waals surface area contributed by atoms with E-state index < -0.39 is 13.2 Å². The van der Waals surface area contributed by atoms with Crippen molar-refractivity contribution >= 4 is 23.2 Å². The van der Waals surface area contributed by atoms with Crippen LogP contribution in [0.4, 0.5) is 28.9 Å². The second kappa shape index (κ2) is 11.9. The molecule has 0 aliphatic heterocycles. The van der Waals surface area contributed by atoms with Crippen LogP contribution in [0.5, 0.6) is 11.5 Å². The Kier molecular flexibility index (Phi) is 8.66. The van der Waals surface area contributed by atoms with Gasteiger partial charge in [-0.2, -0.15) is 17.6 Å². The number of likely N-dealkylation sites (N-methyl/N-ethyl adjacent to an activating group) is 1. The number of amides is 2. The normalized spacial score (nSPS) is 10.8. The number of halogens is 4. The fourth-order valence-corrected chi connectivity index (χ4v) is 3.20. The maximum atomic E-state index is 12.7. The van der Waals surface area contributed by atoms with Gasteiger partial charge in [-0.15, -0.1) is 0 Å². The van der Waals surface area contributed by atoms with Crippen molar-refractivity contribution in [2.24, 2.45) is 0 Å². The van der Waals surface area contributed by atoms with E-state index in [1.807, 2.05) is 0 Å². The first-order valence-electron chi connectivity index (χ1n) is 10.4. The van der Waals surface area contributed by atoms with Gasteiger partial charge in [0.15, 0.2) is 0 Å². The second-order valence-corrected chi connectivity index (χ2v) is 7.45. The average Bonchev–Trinajstić information content (AvgIpc) is 2.80. The number of carbonyl (C=O) groups is 2. The number of nitrogens with zero attached hydrogens (tertiary/aromatic N) is 1. The van der Waals surface area contributed by atoms with E-state index in [1.54, 1.807) is 31.3 Å². The van der Waals surface area contributed by atoms with Crippen LogP contribution >= 0.6 is 0 Å². The second-order valence-electron chi connectivity index (χ2n) is 7.45. The molecule has 35 heavy (non-hydrogen) atoms. The van der Waals surface area contributed by atoms with Gasteiger partial charge in [0, 0.05) is 18.4 Å². The van der Waals surface area contributed by atoms with Gasteiger partial charge in [-0.1, -0.05) is 30.3 Å². The van der Waals surface area contributed by atoms with E-state index in [0.29, 0.717) is 22.5 Å². The fourth-order valence-electron chi connectivity index (χ4n) is 3.20. The molecule has 6 nitrogen and oxygen atoms in total. The maximum absolute atomic E-state index is 12.7. The highest BCUT2D eigenvalue weighted by Crippen LogP contribution is 2.21. The van der Waals surface area contributed by atoms with Crippen molar-refractivity contribution in [1.29, 1.82) is 0 Å². The molecule has 10 heteroatoms. The summed E-state index contributed by atoms with van der Waals surface area (Å²) in [4.78, 5) is 26.5. The summed E-state index contributed by atoms with van der Waals surface area (Å²) in [6, 6.07) is 18.2. The molecule has 3 aromatic rings. The topological polar surface area (TPSA) is 67.9 Å². The third kappa shape index (κ3) is 8.02. The summed E-state index contributed by atoms with van der Waals surface area (Å²) in [5, 5.41) is 2.74. The fraction of sp³-hybridized carbons (Fsp3) is 0.200. The third-order valence-corrected chi connectivity index (χ3v) is 4.91. The Morgan fingerprint density at radius 1 is 0.800 bits per heavy atom. The number of carbonyl (C=O) groups excluding carboxylic acids is 2. The molecule has 0 aliphatic rings. The molecule has 0 heterocycles. The van der Waals surface area contributed by atoms with E-state index in [0.717, 1.165) is 0 Å². The van der Waals surface area contributed by atoms with Crippen LogP contribution in [0.2, 0.25) is 0 Å². The van der Waals surface area contributed by atoms with E-state index in [4.69, 9.17) is 0 Å². The standard InChI is InChI=1S/C25H22F4N2O4/c1-31(23(33)14-17-7-11-21(12-8-17)35-25(28)29)19-4-2-3-18(15-19)30-22(32)13-16-5-9-20(10-6-16)34-24(26)27/h2-12,15,24-25H,13-14H2,1H3,(H,30,32). The Bertz CT molecular complexity index is 1140. The predicted octanol–water partition coefficient (Wildman–Crippen LogP) is 5.28. The van der Waals surface area contributed by atoms with Gasteiger partial charge in [0.25, 0.3) is 0 Å². The lowest BCUT2D eigenvalue weighted by molar-refractivity contribution is -0.117. The van der Waals surface area contributed by atoms with Crippen molar-refractivity contribution in [3.63, 3.8) is 0 Å². The molecule has 0 bridgehead atoms. The molecule has 184 valence electrons. The monoisotopic (exact) mass is 490 g/mol. The smallest absolute Gasteiger partial charge is 0.387 e. The maximum Gasteiger partial charge on any atom is 0.387 e. The summed E-state index contributed by atoms with van der Waals surface area (Å²) in [5.41, 5.74) is 2.24. The van der Waals surface area contributed by atoms with E-state index in [1.165, 1.54) is 53.4 Å². The largest absolute Gasteiger partial charge is 0.435 e. The molecule has 0 aliphatic carbocycles. The Hall–Kier alpha value is -4.08. The van der Waals surface area contributed by atoms with Gasteiger partial charge in [0.05, 0.1) is 12.8 Å². The predicted molar refractivity (Wildman–Crippen MR) is 122 cm³/mol. The first-order valence-corrected chi connectivity index (χ1v) is 10.4. The zero-order chi connectivity index (χ0) is 25.4. The number of nitrogens with one attached hydrogen (secondary N) is 1. The number of hydrogen-bond donors (Lipinski definition) is 1. The van der Waals surface area contributed by atoms with Gasteiger partial charge in [-0.25, -0.2) is 0 Å². The first-order chi connectivity index (χ1) is 16.7. The molecule has 0 aromatic heterocycles. The van der Waals surface area contributed by atoms with Crippen molar-refractivity contribution in [3.8, 4) is 11.5 Å². The molecule has 0 atom stereocenters. The molecule has 3 rings (SSSR count). The van der Waals surface area contributed by atoms with Crippen LogP contribution in [0.15, 0.2) is 72.8 Å². The van der Waals surface area contributed by atoms with Crippen molar-refractivity contribution in [3.05, 3.63) is 83.9 Å². The van der Waals surface area contributed by atoms with Crippen LogP contribution in [-0.4, -0.2) is 32.1 Å². The van der Waals surface area contributed by atoms with E-state index in [-0.39, 0.29) is 36.2 Å². The van der Waals surface area contributed by atoms with Gasteiger partial charge in [0.1, 0.15) is 11.5 Å². The summed E-state index contributed by atoms with van der Waals surface area (Å²) < 4.78 is 57.6. The summed E-state index contributed by atoms with van der Waals surface area (Å²) in [6.07, 6.45) is 0.0482. The van der Waals surface area contributed by atoms with Crippen LogP contribution in [0.25, 0.3) is 0 Å². The van der Waals surface area contributed by atoms with E-state index in [9.17, 15) is 27.2 Å². The molecule has 0 saturated heterocycles. The molecule has 0 radical (unpaired) electrons. The van der Waals surface area contributed by atoms with Crippen LogP contribution in [0, 0.1) is 0 Å². The van der Waals surface area contributed by atoms with Crippen LogP contribution in [-0.2, 0) is 22.4 Å². The highest BCUT2D eigenvalue weighted by Gasteiger charge is 2.14. The first kappa shape index (κ1) is 25.5. The molecule has 0 spiro atoms. The summed E-state index contributed by atoms with van der Waals surface area (Å²) in [5.74, 6) is -0.570. The van der Waals surface area contributed by atoms with Gasteiger partial charge >= 0.3 is 13.2 Å². The highest BCUT2D eigenvalue weighted by atomic mass is 19.3. The molecule has 0 fully saturated rings. The molecule has 0 saturated carbocycles. The number of benzene rings is 3. The zero-order valence-corrected chi connectivity index (χ0v) is 18.6. The molecule has 1 N–H and O–H groups in total. The molecular formula is C25H22F4N2O4. The molecule has 0 unspecified atom stereocenters. The van der Waals surface area contributed by atoms with Crippen molar-refractivity contribution in [2.45, 2.75) is 26.1 Å². The Morgan fingerprint density at radius 3 is 1.83 bits per heavy atom. The summed E-state index contributed by atoms with van der Waals surface area (Å²) >= 11 is 0. The lowest BCUT2D eigenvalue weighted by atomic mass is 10.1. The van der Waals surface area contributed by atoms with Gasteiger partial charge in [0.2, 0.25) is 11.8 Å². The van der Waals surface area contributed by atoms with Crippen LogP contribution in [0.1, 0.15) is 11.1 Å². The van der Waals surface area contributed by atoms with E-state index >= 15 is 0 Å². The Labute approximate surface area is 199 Å². The number of alkyl halides is 4. The van der Waals surface area contributed by atoms with Gasteiger partial charge < -0.3 is 19.7 Å². The summed E-state index contributed by atoms with van der Waals surface area (Å²) in [6.45, 7) is -5.84.